The summed E-state index contributed by atoms with van der Waals surface area (Å²) in [6.07, 6.45) is -2.15. The Bertz CT molecular complexity index is 906. The number of halogens is 3. The number of alkyl halides is 3. The van der Waals surface area contributed by atoms with Gasteiger partial charge in [-0.3, -0.25) is 9.48 Å². The van der Waals surface area contributed by atoms with Crippen molar-refractivity contribution in [3.8, 4) is 0 Å². The average Bonchev–Trinajstić information content (AvgIpc) is 3.15. The van der Waals surface area contributed by atoms with E-state index in [1.54, 1.807) is 36.4 Å². The fourth-order valence-corrected chi connectivity index (χ4v) is 3.36. The van der Waals surface area contributed by atoms with Gasteiger partial charge in [0.1, 0.15) is 11.3 Å². The maximum Gasteiger partial charge on any atom is 0.416 e. The maximum atomic E-state index is 12.8. The van der Waals surface area contributed by atoms with Crippen molar-refractivity contribution in [2.24, 2.45) is 0 Å². The van der Waals surface area contributed by atoms with Gasteiger partial charge < -0.3 is 9.64 Å². The number of carbonyl (C=O) groups is 2. The van der Waals surface area contributed by atoms with Crippen molar-refractivity contribution < 1.29 is 27.5 Å². The molecule has 0 aliphatic carbocycles. The van der Waals surface area contributed by atoms with E-state index in [0.29, 0.717) is 31.6 Å². The van der Waals surface area contributed by atoms with Gasteiger partial charge in [-0.2, -0.15) is 18.3 Å². The molecule has 1 saturated heterocycles. The zero-order valence-corrected chi connectivity index (χ0v) is 17.1. The van der Waals surface area contributed by atoms with Gasteiger partial charge in [0.25, 0.3) is 0 Å². The lowest BCUT2D eigenvalue weighted by Gasteiger charge is -2.33. The number of hydrogen-bond donors (Lipinski definition) is 0. The van der Waals surface area contributed by atoms with Crippen LogP contribution in [-0.4, -0.2) is 45.2 Å². The second-order valence-corrected chi connectivity index (χ2v) is 8.26. The minimum absolute atomic E-state index is 0.0907. The van der Waals surface area contributed by atoms with Crippen LogP contribution in [0.5, 0.6) is 0 Å². The highest BCUT2D eigenvalue weighted by molar-refractivity contribution is 6.07. The lowest BCUT2D eigenvalue weighted by Crippen LogP contribution is -2.42. The Morgan fingerprint density at radius 2 is 1.63 bits per heavy atom. The van der Waals surface area contributed by atoms with Crippen molar-refractivity contribution in [2.75, 3.05) is 13.1 Å². The molecule has 6 nitrogen and oxygen atoms in total. The summed E-state index contributed by atoms with van der Waals surface area (Å²) in [5.74, 6) is -0.393. The van der Waals surface area contributed by atoms with E-state index in [1.807, 2.05) is 0 Å². The zero-order valence-electron chi connectivity index (χ0n) is 17.1. The van der Waals surface area contributed by atoms with Crippen LogP contribution in [0.4, 0.5) is 18.0 Å². The topological polar surface area (TPSA) is 64.4 Å². The largest absolute Gasteiger partial charge is 0.444 e. The van der Waals surface area contributed by atoms with E-state index in [4.69, 9.17) is 4.74 Å². The molecule has 1 aromatic carbocycles. The van der Waals surface area contributed by atoms with Crippen molar-refractivity contribution in [3.05, 3.63) is 53.3 Å². The highest BCUT2D eigenvalue weighted by atomic mass is 19.4. The van der Waals surface area contributed by atoms with E-state index >= 15 is 0 Å². The Kier molecular flexibility index (Phi) is 5.92. The first-order valence-electron chi connectivity index (χ1n) is 9.69. The van der Waals surface area contributed by atoms with Crippen molar-refractivity contribution >= 4 is 11.9 Å². The number of rotatable bonds is 3. The van der Waals surface area contributed by atoms with Crippen molar-refractivity contribution in [1.29, 1.82) is 0 Å². The number of ketones is 1. The maximum absolute atomic E-state index is 12.8. The average molecular weight is 423 g/mol. The molecule has 1 aromatic heterocycles. The van der Waals surface area contributed by atoms with Crippen LogP contribution < -0.4 is 0 Å². The fraction of sp³-hybridized carbons (Fsp3) is 0.476. The molecule has 1 amide bonds. The lowest BCUT2D eigenvalue weighted by atomic mass is 10.0. The van der Waals surface area contributed by atoms with E-state index in [-0.39, 0.29) is 17.7 Å². The third kappa shape index (κ3) is 5.01. The van der Waals surface area contributed by atoms with Crippen LogP contribution in [0.2, 0.25) is 0 Å². The summed E-state index contributed by atoms with van der Waals surface area (Å²) >= 11 is 0. The predicted octanol–water partition coefficient (Wildman–Crippen LogP) is 4.70. The number of amides is 1. The lowest BCUT2D eigenvalue weighted by molar-refractivity contribution is -0.137. The second kappa shape index (κ2) is 8.12. The van der Waals surface area contributed by atoms with E-state index < -0.39 is 23.1 Å². The summed E-state index contributed by atoms with van der Waals surface area (Å²) in [5, 5.41) is 4.25. The van der Waals surface area contributed by atoms with E-state index in [1.165, 1.54) is 18.3 Å². The zero-order chi connectivity index (χ0) is 22.1. The summed E-state index contributed by atoms with van der Waals surface area (Å²) in [4.78, 5) is 26.7. The van der Waals surface area contributed by atoms with Gasteiger partial charge in [0.05, 0.1) is 11.6 Å². The Balaban J connectivity index is 1.69. The number of nitrogens with zero attached hydrogens (tertiary/aromatic N) is 3. The predicted molar refractivity (Wildman–Crippen MR) is 103 cm³/mol. The molecule has 2 aromatic rings. The fourth-order valence-electron chi connectivity index (χ4n) is 3.36. The van der Waals surface area contributed by atoms with Crippen molar-refractivity contribution in [1.82, 2.24) is 14.7 Å². The number of ether oxygens (including phenoxy) is 1. The molecule has 30 heavy (non-hydrogen) atoms. The molecule has 0 bridgehead atoms. The molecule has 1 aliphatic rings. The van der Waals surface area contributed by atoms with Crippen LogP contribution in [0, 0.1) is 0 Å². The molecule has 9 heteroatoms. The molecule has 0 radical (unpaired) electrons. The van der Waals surface area contributed by atoms with E-state index in [9.17, 15) is 22.8 Å². The van der Waals surface area contributed by atoms with Gasteiger partial charge >= 0.3 is 12.3 Å². The normalized spacial score (nSPS) is 15.9. The van der Waals surface area contributed by atoms with Gasteiger partial charge in [-0.1, -0.05) is 12.1 Å². The first-order valence-corrected chi connectivity index (χ1v) is 9.69. The van der Waals surface area contributed by atoms with Crippen LogP contribution in [0.3, 0.4) is 0 Å². The molecule has 1 aliphatic heterocycles. The van der Waals surface area contributed by atoms with Crippen molar-refractivity contribution in [3.63, 3.8) is 0 Å². The van der Waals surface area contributed by atoms with Gasteiger partial charge in [0, 0.05) is 24.8 Å². The molecule has 2 heterocycles. The van der Waals surface area contributed by atoms with Gasteiger partial charge in [0.15, 0.2) is 0 Å². The molecule has 0 atom stereocenters. The summed E-state index contributed by atoms with van der Waals surface area (Å²) in [6.45, 7) is 6.35. The van der Waals surface area contributed by atoms with Gasteiger partial charge in [-0.05, 0) is 51.8 Å². The van der Waals surface area contributed by atoms with Crippen LogP contribution in [0.15, 0.2) is 36.5 Å². The Morgan fingerprint density at radius 1 is 1.03 bits per heavy atom. The number of carbonyl (C=O) groups excluding carboxylic acids is 2. The summed E-state index contributed by atoms with van der Waals surface area (Å²) in [6, 6.07) is 5.61. The number of benzene rings is 1. The van der Waals surface area contributed by atoms with Crippen LogP contribution in [0.1, 0.15) is 61.3 Å². The second-order valence-electron chi connectivity index (χ2n) is 8.26. The number of aromatic nitrogens is 2. The standard InChI is InChI=1S/C21H24F3N3O3/c1-20(2,3)30-19(29)26-12-9-16(10-13-26)27-17(8-11-25-27)18(28)14-4-6-15(7-5-14)21(22,23)24/h4-8,11,16H,9-10,12-13H2,1-3H3. The number of likely N-dealkylation sites (tertiary alicyclic amines) is 1. The molecule has 0 spiro atoms. The summed E-state index contributed by atoms with van der Waals surface area (Å²) in [5.41, 5.74) is -0.902. The minimum atomic E-state index is -4.45. The number of piperidine rings is 1. The Morgan fingerprint density at radius 3 is 2.17 bits per heavy atom. The van der Waals surface area contributed by atoms with Crippen LogP contribution in [0.25, 0.3) is 0 Å². The molecule has 3 rings (SSSR count). The summed E-state index contributed by atoms with van der Waals surface area (Å²) in [7, 11) is 0. The molecule has 0 N–H and O–H groups in total. The van der Waals surface area contributed by atoms with E-state index in [2.05, 4.69) is 5.10 Å². The van der Waals surface area contributed by atoms with E-state index in [0.717, 1.165) is 12.1 Å². The third-order valence-corrected chi connectivity index (χ3v) is 4.84. The first-order chi connectivity index (χ1) is 14.0. The highest BCUT2D eigenvalue weighted by Crippen LogP contribution is 2.30. The third-order valence-electron chi connectivity index (χ3n) is 4.84. The molecular formula is C21H24F3N3O3. The molecule has 1 fully saturated rings. The minimum Gasteiger partial charge on any atom is -0.444 e. The monoisotopic (exact) mass is 423 g/mol. The van der Waals surface area contributed by atoms with Gasteiger partial charge in [-0.15, -0.1) is 0 Å². The molecule has 0 unspecified atom stereocenters. The van der Waals surface area contributed by atoms with Crippen LogP contribution in [-0.2, 0) is 10.9 Å². The van der Waals surface area contributed by atoms with Gasteiger partial charge in [0.2, 0.25) is 5.78 Å². The Hall–Kier alpha value is -2.84. The molecule has 0 saturated carbocycles. The smallest absolute Gasteiger partial charge is 0.416 e. The highest BCUT2D eigenvalue weighted by Gasteiger charge is 2.31. The SMILES string of the molecule is CC(C)(C)OC(=O)N1CCC(n2nccc2C(=O)c2ccc(C(F)(F)F)cc2)CC1. The summed E-state index contributed by atoms with van der Waals surface area (Å²) < 4.78 is 45.2. The van der Waals surface area contributed by atoms with Crippen molar-refractivity contribution in [2.45, 2.75) is 51.4 Å². The quantitative estimate of drug-likeness (QED) is 0.671. The van der Waals surface area contributed by atoms with Gasteiger partial charge in [-0.25, -0.2) is 4.79 Å². The molecule has 162 valence electrons. The first kappa shape index (κ1) is 21.9. The Labute approximate surface area is 172 Å². The molecular weight excluding hydrogens is 399 g/mol. The van der Waals surface area contributed by atoms with Crippen LogP contribution >= 0.6 is 0 Å². The number of hydrogen-bond acceptors (Lipinski definition) is 4.